The van der Waals surface area contributed by atoms with Gasteiger partial charge in [-0.1, -0.05) is 32.0 Å². The van der Waals surface area contributed by atoms with Crippen LogP contribution in [0.15, 0.2) is 24.3 Å². The van der Waals surface area contributed by atoms with Gasteiger partial charge in [-0.15, -0.1) is 0 Å². The van der Waals surface area contributed by atoms with E-state index < -0.39 is 0 Å². The Morgan fingerprint density at radius 1 is 1.27 bits per heavy atom. The molecule has 0 saturated heterocycles. The Hall–Kier alpha value is -1.91. The number of nitrogens with one attached hydrogen (secondary N) is 1. The first kappa shape index (κ1) is 18.1. The number of rotatable bonds is 8. The maximum absolute atomic E-state index is 13.4. The van der Waals surface area contributed by atoms with Crippen LogP contribution in [0.4, 0.5) is 4.39 Å². The summed E-state index contributed by atoms with van der Waals surface area (Å²) < 4.78 is 13.4. The van der Waals surface area contributed by atoms with Crippen LogP contribution >= 0.6 is 0 Å². The van der Waals surface area contributed by atoms with E-state index in [2.05, 4.69) is 19.2 Å². The fraction of sp³-hybridized carbons (Fsp3) is 0.529. The normalized spacial score (nSPS) is 10.6. The van der Waals surface area contributed by atoms with Crippen molar-refractivity contribution in [2.75, 3.05) is 19.6 Å². The van der Waals surface area contributed by atoms with Gasteiger partial charge in [0.05, 0.1) is 6.54 Å². The molecule has 1 aromatic carbocycles. The number of carbonyl (C=O) groups is 2. The number of carbonyl (C=O) groups excluding carboxylic acids is 2. The second-order valence-corrected chi connectivity index (χ2v) is 5.81. The first-order chi connectivity index (χ1) is 10.4. The lowest BCUT2D eigenvalue weighted by atomic mass is 10.1. The molecule has 0 aliphatic rings. The maximum atomic E-state index is 13.4. The van der Waals surface area contributed by atoms with Gasteiger partial charge in [0.15, 0.2) is 0 Å². The molecule has 0 heterocycles. The summed E-state index contributed by atoms with van der Waals surface area (Å²) in [6.45, 7) is 6.61. The topological polar surface area (TPSA) is 49.4 Å². The molecular formula is C17H25FN2O2. The van der Waals surface area contributed by atoms with Crippen LogP contribution in [-0.2, 0) is 16.0 Å². The van der Waals surface area contributed by atoms with Gasteiger partial charge in [0.25, 0.3) is 0 Å². The molecule has 0 aliphatic carbocycles. The van der Waals surface area contributed by atoms with E-state index in [9.17, 15) is 14.0 Å². The molecule has 0 saturated carbocycles. The van der Waals surface area contributed by atoms with Gasteiger partial charge in [0, 0.05) is 20.0 Å². The number of halogens is 1. The molecular weight excluding hydrogens is 283 g/mol. The van der Waals surface area contributed by atoms with E-state index in [1.54, 1.807) is 23.1 Å². The molecule has 1 N–H and O–H groups in total. The number of amides is 2. The Morgan fingerprint density at radius 2 is 1.95 bits per heavy atom. The average Bonchev–Trinajstić information content (AvgIpc) is 2.45. The van der Waals surface area contributed by atoms with Crippen LogP contribution in [0.25, 0.3) is 0 Å². The lowest BCUT2D eigenvalue weighted by Crippen LogP contribution is -2.41. The Balaban J connectivity index is 2.37. The van der Waals surface area contributed by atoms with E-state index in [1.807, 2.05) is 0 Å². The zero-order chi connectivity index (χ0) is 16.5. The van der Waals surface area contributed by atoms with Crippen molar-refractivity contribution in [1.82, 2.24) is 10.2 Å². The van der Waals surface area contributed by atoms with Crippen LogP contribution in [0.5, 0.6) is 0 Å². The quantitative estimate of drug-likeness (QED) is 0.801. The third kappa shape index (κ3) is 6.70. The molecule has 0 aromatic heterocycles. The smallest absolute Gasteiger partial charge is 0.239 e. The van der Waals surface area contributed by atoms with Crippen LogP contribution in [0.1, 0.15) is 32.8 Å². The molecule has 0 radical (unpaired) electrons. The Bertz CT molecular complexity index is 503. The largest absolute Gasteiger partial charge is 0.354 e. The van der Waals surface area contributed by atoms with E-state index in [-0.39, 0.29) is 24.2 Å². The predicted molar refractivity (Wildman–Crippen MR) is 84.8 cm³/mol. The highest BCUT2D eigenvalue weighted by molar-refractivity contribution is 5.83. The van der Waals surface area contributed by atoms with Crippen LogP contribution in [0.2, 0.25) is 0 Å². The van der Waals surface area contributed by atoms with Crippen molar-refractivity contribution in [3.63, 3.8) is 0 Å². The van der Waals surface area contributed by atoms with Crippen molar-refractivity contribution in [3.8, 4) is 0 Å². The zero-order valence-electron chi connectivity index (χ0n) is 13.6. The van der Waals surface area contributed by atoms with E-state index in [1.165, 1.54) is 13.0 Å². The maximum Gasteiger partial charge on any atom is 0.239 e. The third-order valence-electron chi connectivity index (χ3n) is 3.43. The average molecular weight is 308 g/mol. The molecule has 0 spiro atoms. The van der Waals surface area contributed by atoms with Gasteiger partial charge in [-0.3, -0.25) is 9.59 Å². The molecule has 1 aromatic rings. The molecule has 2 amide bonds. The molecule has 22 heavy (non-hydrogen) atoms. The minimum atomic E-state index is -0.265. The fourth-order valence-corrected chi connectivity index (χ4v) is 2.03. The summed E-state index contributed by atoms with van der Waals surface area (Å²) in [5.41, 5.74) is 0.575. The second-order valence-electron chi connectivity index (χ2n) is 5.81. The molecule has 0 aliphatic heterocycles. The van der Waals surface area contributed by atoms with Crippen LogP contribution in [0.3, 0.4) is 0 Å². The Labute approximate surface area is 131 Å². The van der Waals surface area contributed by atoms with E-state index >= 15 is 0 Å². The van der Waals surface area contributed by atoms with Gasteiger partial charge < -0.3 is 10.2 Å². The molecule has 0 fully saturated rings. The summed E-state index contributed by atoms with van der Waals surface area (Å²) in [6.07, 6.45) is 1.30. The molecule has 5 heteroatoms. The monoisotopic (exact) mass is 308 g/mol. The summed E-state index contributed by atoms with van der Waals surface area (Å²) in [6, 6.07) is 6.51. The minimum absolute atomic E-state index is 0.0549. The van der Waals surface area contributed by atoms with Gasteiger partial charge in [0.1, 0.15) is 5.82 Å². The molecule has 0 bridgehead atoms. The van der Waals surface area contributed by atoms with Crippen molar-refractivity contribution in [3.05, 3.63) is 35.6 Å². The van der Waals surface area contributed by atoms with Gasteiger partial charge in [-0.05, 0) is 30.4 Å². The fourth-order valence-electron chi connectivity index (χ4n) is 2.03. The summed E-state index contributed by atoms with van der Waals surface area (Å²) >= 11 is 0. The Kier molecular flexibility index (Phi) is 7.57. The van der Waals surface area contributed by atoms with E-state index in [0.717, 1.165) is 6.42 Å². The molecule has 122 valence electrons. The van der Waals surface area contributed by atoms with Crippen LogP contribution in [0, 0.1) is 11.7 Å². The molecule has 4 nitrogen and oxygen atoms in total. The first-order valence-electron chi connectivity index (χ1n) is 7.65. The Morgan fingerprint density at radius 3 is 2.55 bits per heavy atom. The number of hydrogen-bond donors (Lipinski definition) is 1. The summed E-state index contributed by atoms with van der Waals surface area (Å²) in [5, 5.41) is 2.73. The predicted octanol–water partition coefficient (Wildman–Crippen LogP) is 2.38. The zero-order valence-corrected chi connectivity index (χ0v) is 13.6. The lowest BCUT2D eigenvalue weighted by molar-refractivity contribution is -0.134. The van der Waals surface area contributed by atoms with E-state index in [4.69, 9.17) is 0 Å². The van der Waals surface area contributed by atoms with Gasteiger partial charge >= 0.3 is 0 Å². The van der Waals surface area contributed by atoms with Crippen molar-refractivity contribution in [2.24, 2.45) is 5.92 Å². The summed E-state index contributed by atoms with van der Waals surface area (Å²) in [5.74, 6) is -0.106. The lowest BCUT2D eigenvalue weighted by Gasteiger charge is -2.21. The first-order valence-corrected chi connectivity index (χ1v) is 7.65. The molecule has 0 atom stereocenters. The van der Waals surface area contributed by atoms with Gasteiger partial charge in [-0.25, -0.2) is 4.39 Å². The van der Waals surface area contributed by atoms with Gasteiger partial charge in [-0.2, -0.15) is 0 Å². The molecule has 0 unspecified atom stereocenters. The SMILES string of the molecule is CC(=O)N(CCC(C)C)CC(=O)NCCc1ccccc1F. The van der Waals surface area contributed by atoms with E-state index in [0.29, 0.717) is 31.0 Å². The van der Waals surface area contributed by atoms with Crippen molar-refractivity contribution < 1.29 is 14.0 Å². The highest BCUT2D eigenvalue weighted by Crippen LogP contribution is 2.06. The standard InChI is InChI=1S/C17H25FN2O2/c1-13(2)9-11-20(14(3)21)12-17(22)19-10-8-15-6-4-5-7-16(15)18/h4-7,13H,8-12H2,1-3H3,(H,19,22). The highest BCUT2D eigenvalue weighted by atomic mass is 19.1. The second kappa shape index (κ2) is 9.18. The van der Waals surface area contributed by atoms with Crippen LogP contribution in [-0.4, -0.2) is 36.3 Å². The molecule has 1 rings (SSSR count). The number of hydrogen-bond acceptors (Lipinski definition) is 2. The summed E-state index contributed by atoms with van der Waals surface area (Å²) in [7, 11) is 0. The van der Waals surface area contributed by atoms with Crippen LogP contribution < -0.4 is 5.32 Å². The third-order valence-corrected chi connectivity index (χ3v) is 3.43. The van der Waals surface area contributed by atoms with Crippen molar-refractivity contribution >= 4 is 11.8 Å². The summed E-state index contributed by atoms with van der Waals surface area (Å²) in [4.78, 5) is 24.9. The number of nitrogens with zero attached hydrogens (tertiary/aromatic N) is 1. The number of benzene rings is 1. The van der Waals surface area contributed by atoms with Crippen molar-refractivity contribution in [2.45, 2.75) is 33.6 Å². The van der Waals surface area contributed by atoms with Gasteiger partial charge in [0.2, 0.25) is 11.8 Å². The minimum Gasteiger partial charge on any atom is -0.354 e. The van der Waals surface area contributed by atoms with Crippen molar-refractivity contribution in [1.29, 1.82) is 0 Å². The highest BCUT2D eigenvalue weighted by Gasteiger charge is 2.13.